The fraction of sp³-hybridized carbons (Fsp3) is 0.500. The number of para-hydroxylation sites is 1. The van der Waals surface area contributed by atoms with Crippen LogP contribution >= 0.6 is 11.3 Å². The quantitative estimate of drug-likeness (QED) is 0.769. The minimum atomic E-state index is 0.285. The van der Waals surface area contributed by atoms with E-state index in [2.05, 4.69) is 29.3 Å². The van der Waals surface area contributed by atoms with Gasteiger partial charge in [0.15, 0.2) is 0 Å². The third-order valence-electron chi connectivity index (χ3n) is 3.88. The van der Waals surface area contributed by atoms with Gasteiger partial charge >= 0.3 is 0 Å². The zero-order valence-corrected chi connectivity index (χ0v) is 15.2. The van der Waals surface area contributed by atoms with E-state index in [0.29, 0.717) is 6.61 Å². The molecule has 1 aromatic heterocycles. The fourth-order valence-corrected chi connectivity index (χ4v) is 3.52. The van der Waals surface area contributed by atoms with Crippen molar-refractivity contribution in [3.63, 3.8) is 0 Å². The van der Waals surface area contributed by atoms with Gasteiger partial charge < -0.3 is 14.4 Å². The number of hydrogen-bond acceptors (Lipinski definition) is 6. The highest BCUT2D eigenvalue weighted by Gasteiger charge is 2.21. The molecule has 1 aliphatic rings. The molecule has 0 N–H and O–H groups in total. The monoisotopic (exact) mass is 347 g/mol. The van der Waals surface area contributed by atoms with E-state index in [4.69, 9.17) is 14.5 Å². The second-order valence-corrected chi connectivity index (χ2v) is 7.27. The molecular weight excluding hydrogens is 322 g/mol. The second-order valence-electron chi connectivity index (χ2n) is 6.32. The maximum Gasteiger partial charge on any atom is 0.140 e. The van der Waals surface area contributed by atoms with Crippen LogP contribution in [0.15, 0.2) is 35.7 Å². The van der Waals surface area contributed by atoms with Crippen molar-refractivity contribution in [1.82, 2.24) is 14.8 Å². The molecule has 1 saturated heterocycles. The zero-order valence-electron chi connectivity index (χ0n) is 14.4. The van der Waals surface area contributed by atoms with Crippen LogP contribution in [0.4, 0.5) is 0 Å². The van der Waals surface area contributed by atoms with E-state index >= 15 is 0 Å². The Morgan fingerprint density at radius 2 is 2.17 bits per heavy atom. The molecule has 1 aliphatic heterocycles. The lowest BCUT2D eigenvalue weighted by Gasteiger charge is -2.33. The van der Waals surface area contributed by atoms with Crippen molar-refractivity contribution in [2.75, 3.05) is 40.3 Å². The van der Waals surface area contributed by atoms with Gasteiger partial charge in [-0.3, -0.25) is 4.90 Å². The van der Waals surface area contributed by atoms with Gasteiger partial charge in [0.2, 0.25) is 0 Å². The summed E-state index contributed by atoms with van der Waals surface area (Å²) in [6.07, 6.45) is 0.285. The summed E-state index contributed by atoms with van der Waals surface area (Å²) in [5.41, 5.74) is 1.12. The van der Waals surface area contributed by atoms with E-state index in [9.17, 15) is 0 Å². The highest BCUT2D eigenvalue weighted by Crippen LogP contribution is 2.17. The Bertz CT molecular complexity index is 618. The second kappa shape index (κ2) is 8.58. The van der Waals surface area contributed by atoms with Crippen LogP contribution in [0.2, 0.25) is 0 Å². The van der Waals surface area contributed by atoms with E-state index in [1.807, 2.05) is 30.3 Å². The molecular formula is C18H25N3O2S. The third kappa shape index (κ3) is 5.27. The van der Waals surface area contributed by atoms with Gasteiger partial charge in [0.05, 0.1) is 18.4 Å². The topological polar surface area (TPSA) is 37.8 Å². The predicted molar refractivity (Wildman–Crippen MR) is 96.5 cm³/mol. The highest BCUT2D eigenvalue weighted by atomic mass is 32.1. The molecule has 130 valence electrons. The number of morpholine rings is 1. The van der Waals surface area contributed by atoms with Crippen LogP contribution in [0.5, 0.6) is 5.75 Å². The van der Waals surface area contributed by atoms with Crippen molar-refractivity contribution in [2.24, 2.45) is 0 Å². The maximum absolute atomic E-state index is 5.83. The van der Waals surface area contributed by atoms with Crippen LogP contribution in [0, 0.1) is 0 Å². The van der Waals surface area contributed by atoms with Crippen molar-refractivity contribution < 1.29 is 9.47 Å². The number of hydrogen-bond donors (Lipinski definition) is 0. The molecule has 1 aromatic carbocycles. The number of rotatable bonds is 7. The molecule has 0 saturated carbocycles. The van der Waals surface area contributed by atoms with E-state index in [1.165, 1.54) is 0 Å². The Balaban J connectivity index is 1.48. The van der Waals surface area contributed by atoms with E-state index in [0.717, 1.165) is 49.2 Å². The van der Waals surface area contributed by atoms with Gasteiger partial charge in [-0.1, -0.05) is 18.2 Å². The SMILES string of the molecule is CN(C)C[C@@H]1CN(Cc2csc(COc3ccccc3)n2)CCO1. The summed E-state index contributed by atoms with van der Waals surface area (Å²) in [7, 11) is 4.17. The average Bonchev–Trinajstić information content (AvgIpc) is 3.01. The smallest absolute Gasteiger partial charge is 0.140 e. The number of benzene rings is 1. The van der Waals surface area contributed by atoms with Crippen molar-refractivity contribution >= 4 is 11.3 Å². The first-order valence-corrected chi connectivity index (χ1v) is 9.17. The van der Waals surface area contributed by atoms with Crippen LogP contribution < -0.4 is 4.74 Å². The van der Waals surface area contributed by atoms with Gasteiger partial charge in [0.1, 0.15) is 17.4 Å². The molecule has 0 spiro atoms. The molecule has 2 heterocycles. The minimum absolute atomic E-state index is 0.285. The molecule has 24 heavy (non-hydrogen) atoms. The first-order chi connectivity index (χ1) is 11.7. The summed E-state index contributed by atoms with van der Waals surface area (Å²) in [5.74, 6) is 0.883. The van der Waals surface area contributed by atoms with Gasteiger partial charge in [-0.2, -0.15) is 0 Å². The summed E-state index contributed by atoms with van der Waals surface area (Å²) in [4.78, 5) is 9.31. The number of ether oxygens (including phenoxy) is 2. The summed E-state index contributed by atoms with van der Waals surface area (Å²) in [6.45, 7) is 5.11. The largest absolute Gasteiger partial charge is 0.486 e. The molecule has 0 amide bonds. The molecule has 1 fully saturated rings. The maximum atomic E-state index is 5.83. The summed E-state index contributed by atoms with van der Waals surface area (Å²) in [6, 6.07) is 9.87. The van der Waals surface area contributed by atoms with Crippen LogP contribution in [0.25, 0.3) is 0 Å². The highest BCUT2D eigenvalue weighted by molar-refractivity contribution is 7.09. The molecule has 0 bridgehead atoms. The van der Waals surface area contributed by atoms with Crippen LogP contribution in [-0.2, 0) is 17.9 Å². The van der Waals surface area contributed by atoms with Crippen LogP contribution in [0.3, 0.4) is 0 Å². The lowest BCUT2D eigenvalue weighted by Crippen LogP contribution is -2.46. The van der Waals surface area contributed by atoms with Gasteiger partial charge in [-0.25, -0.2) is 4.98 Å². The van der Waals surface area contributed by atoms with Crippen molar-refractivity contribution in [1.29, 1.82) is 0 Å². The molecule has 0 radical (unpaired) electrons. The predicted octanol–water partition coefficient (Wildman–Crippen LogP) is 2.48. The molecule has 0 aliphatic carbocycles. The first-order valence-electron chi connectivity index (χ1n) is 8.29. The summed E-state index contributed by atoms with van der Waals surface area (Å²) < 4.78 is 11.6. The molecule has 3 rings (SSSR count). The summed E-state index contributed by atoms with van der Waals surface area (Å²) in [5, 5.41) is 3.16. The van der Waals surface area contributed by atoms with Crippen molar-refractivity contribution in [3.8, 4) is 5.75 Å². The molecule has 2 aromatic rings. The minimum Gasteiger partial charge on any atom is -0.486 e. The molecule has 0 unspecified atom stereocenters. The van der Waals surface area contributed by atoms with Gasteiger partial charge in [0, 0.05) is 31.6 Å². The Morgan fingerprint density at radius 1 is 1.33 bits per heavy atom. The van der Waals surface area contributed by atoms with E-state index in [-0.39, 0.29) is 6.10 Å². The molecule has 6 heteroatoms. The van der Waals surface area contributed by atoms with Crippen molar-refractivity contribution in [2.45, 2.75) is 19.3 Å². The van der Waals surface area contributed by atoms with E-state index < -0.39 is 0 Å². The Hall–Kier alpha value is -1.47. The summed E-state index contributed by atoms with van der Waals surface area (Å²) >= 11 is 1.67. The van der Waals surface area contributed by atoms with E-state index in [1.54, 1.807) is 11.3 Å². The number of aromatic nitrogens is 1. The van der Waals surface area contributed by atoms with Gasteiger partial charge in [-0.15, -0.1) is 11.3 Å². The molecule has 1 atom stereocenters. The Labute approximate surface area is 147 Å². The van der Waals surface area contributed by atoms with Gasteiger partial charge in [0.25, 0.3) is 0 Å². The standard InChI is InChI=1S/C18H25N3O2S/c1-20(2)11-17-12-21(8-9-22-17)10-15-14-24-18(19-15)13-23-16-6-4-3-5-7-16/h3-7,14,17H,8-13H2,1-2H3/t17-/m1/s1. The number of likely N-dealkylation sites (N-methyl/N-ethyl adjacent to an activating group) is 1. The zero-order chi connectivity index (χ0) is 16.8. The first kappa shape index (κ1) is 17.4. The van der Waals surface area contributed by atoms with Crippen molar-refractivity contribution in [3.05, 3.63) is 46.4 Å². The lowest BCUT2D eigenvalue weighted by molar-refractivity contribution is -0.0409. The third-order valence-corrected chi connectivity index (χ3v) is 4.75. The number of nitrogens with zero attached hydrogens (tertiary/aromatic N) is 3. The van der Waals surface area contributed by atoms with Crippen LogP contribution in [0.1, 0.15) is 10.7 Å². The average molecular weight is 347 g/mol. The normalized spacial score (nSPS) is 18.9. The fourth-order valence-electron chi connectivity index (χ4n) is 2.82. The van der Waals surface area contributed by atoms with Crippen LogP contribution in [-0.4, -0.2) is 61.2 Å². The molecule has 5 nitrogen and oxygen atoms in total. The Kier molecular flexibility index (Phi) is 6.20. The number of thiazole rings is 1. The lowest BCUT2D eigenvalue weighted by atomic mass is 10.2. The Morgan fingerprint density at radius 3 is 2.96 bits per heavy atom. The van der Waals surface area contributed by atoms with Gasteiger partial charge in [-0.05, 0) is 26.2 Å².